The van der Waals surface area contributed by atoms with Gasteiger partial charge in [0, 0.05) is 22.6 Å². The van der Waals surface area contributed by atoms with Crippen molar-refractivity contribution in [2.24, 2.45) is 0 Å². The minimum absolute atomic E-state index is 0.0804. The predicted molar refractivity (Wildman–Crippen MR) is 80.1 cm³/mol. The summed E-state index contributed by atoms with van der Waals surface area (Å²) in [6.45, 7) is 2.62. The highest BCUT2D eigenvalue weighted by molar-refractivity contribution is 9.10. The average molecular weight is 340 g/mol. The van der Waals surface area contributed by atoms with Gasteiger partial charge in [-0.15, -0.1) is 0 Å². The molecule has 5 heteroatoms. The van der Waals surface area contributed by atoms with E-state index in [9.17, 15) is 9.59 Å². The maximum atomic E-state index is 12.6. The van der Waals surface area contributed by atoms with Crippen molar-refractivity contribution < 1.29 is 14.7 Å². The molecule has 1 aliphatic rings. The van der Waals surface area contributed by atoms with E-state index in [2.05, 4.69) is 15.9 Å². The number of halogens is 1. The Morgan fingerprint density at radius 3 is 2.40 bits per heavy atom. The van der Waals surface area contributed by atoms with Crippen LogP contribution >= 0.6 is 15.9 Å². The van der Waals surface area contributed by atoms with Crippen molar-refractivity contribution in [3.8, 4) is 0 Å². The van der Waals surface area contributed by atoms with Crippen molar-refractivity contribution in [1.29, 1.82) is 0 Å². The highest BCUT2D eigenvalue weighted by Gasteiger charge is 2.26. The highest BCUT2D eigenvalue weighted by atomic mass is 79.9. The first kappa shape index (κ1) is 15.0. The van der Waals surface area contributed by atoms with Crippen LogP contribution in [0.15, 0.2) is 22.7 Å². The molecule has 20 heavy (non-hydrogen) atoms. The summed E-state index contributed by atoms with van der Waals surface area (Å²) < 4.78 is 0.614. The molecule has 2 rings (SSSR count). The van der Waals surface area contributed by atoms with Gasteiger partial charge in [-0.05, 0) is 38.0 Å². The van der Waals surface area contributed by atoms with Crippen LogP contribution in [0.3, 0.4) is 0 Å². The van der Waals surface area contributed by atoms with Crippen molar-refractivity contribution >= 4 is 27.8 Å². The minimum Gasteiger partial charge on any atom is -0.478 e. The smallest absolute Gasteiger partial charge is 0.335 e. The zero-order valence-corrected chi connectivity index (χ0v) is 13.0. The van der Waals surface area contributed by atoms with E-state index in [0.29, 0.717) is 22.6 Å². The molecule has 1 fully saturated rings. The van der Waals surface area contributed by atoms with Crippen LogP contribution in [0.25, 0.3) is 0 Å². The van der Waals surface area contributed by atoms with Gasteiger partial charge in [-0.3, -0.25) is 4.79 Å². The molecule has 0 radical (unpaired) electrons. The largest absolute Gasteiger partial charge is 0.478 e. The Labute approximate surface area is 126 Å². The molecule has 0 heterocycles. The molecule has 0 aliphatic heterocycles. The maximum Gasteiger partial charge on any atom is 0.335 e. The molecule has 0 aromatic heterocycles. The second-order valence-electron chi connectivity index (χ2n) is 5.06. The van der Waals surface area contributed by atoms with Gasteiger partial charge >= 0.3 is 5.97 Å². The van der Waals surface area contributed by atoms with Crippen LogP contribution in [0, 0.1) is 0 Å². The molecule has 1 amide bonds. The zero-order chi connectivity index (χ0) is 14.7. The van der Waals surface area contributed by atoms with Crippen LogP contribution in [-0.4, -0.2) is 34.5 Å². The number of rotatable bonds is 4. The van der Waals surface area contributed by atoms with Crippen LogP contribution in [-0.2, 0) is 0 Å². The van der Waals surface area contributed by atoms with Gasteiger partial charge in [0.25, 0.3) is 5.91 Å². The van der Waals surface area contributed by atoms with E-state index in [0.717, 1.165) is 25.7 Å². The molecule has 4 nitrogen and oxygen atoms in total. The number of aromatic carboxylic acids is 1. The molecule has 1 N–H and O–H groups in total. The SMILES string of the molecule is CCN(C(=O)c1cc(Br)cc(C(=O)O)c1)C1CCCC1. The van der Waals surface area contributed by atoms with E-state index < -0.39 is 5.97 Å². The van der Waals surface area contributed by atoms with E-state index in [1.165, 1.54) is 12.1 Å². The standard InChI is InChI=1S/C15H18BrNO3/c1-2-17(13-5-3-4-6-13)14(18)10-7-11(15(19)20)9-12(16)8-10/h7-9,13H,2-6H2,1H3,(H,19,20). The number of hydrogen-bond donors (Lipinski definition) is 1. The number of nitrogens with zero attached hydrogens (tertiary/aromatic N) is 1. The van der Waals surface area contributed by atoms with Crippen molar-refractivity contribution in [2.75, 3.05) is 6.54 Å². The lowest BCUT2D eigenvalue weighted by molar-refractivity contribution is 0.0693. The lowest BCUT2D eigenvalue weighted by Gasteiger charge is -2.28. The number of carboxylic acids is 1. The van der Waals surface area contributed by atoms with E-state index in [1.54, 1.807) is 6.07 Å². The summed E-state index contributed by atoms with van der Waals surface area (Å²) in [6.07, 6.45) is 4.40. The Kier molecular flexibility index (Phi) is 4.81. The summed E-state index contributed by atoms with van der Waals surface area (Å²) in [5, 5.41) is 9.08. The van der Waals surface area contributed by atoms with Gasteiger partial charge in [0.15, 0.2) is 0 Å². The van der Waals surface area contributed by atoms with Gasteiger partial charge in [-0.1, -0.05) is 28.8 Å². The van der Waals surface area contributed by atoms with Crippen molar-refractivity contribution in [1.82, 2.24) is 4.90 Å². The van der Waals surface area contributed by atoms with Gasteiger partial charge in [-0.2, -0.15) is 0 Å². The molecule has 1 aliphatic carbocycles. The molecule has 0 bridgehead atoms. The van der Waals surface area contributed by atoms with Crippen molar-refractivity contribution in [2.45, 2.75) is 38.6 Å². The van der Waals surface area contributed by atoms with E-state index in [1.807, 2.05) is 11.8 Å². The molecular formula is C15H18BrNO3. The zero-order valence-electron chi connectivity index (χ0n) is 11.4. The van der Waals surface area contributed by atoms with Gasteiger partial charge in [0.05, 0.1) is 5.56 Å². The quantitative estimate of drug-likeness (QED) is 0.912. The monoisotopic (exact) mass is 339 g/mol. The Morgan fingerprint density at radius 2 is 1.85 bits per heavy atom. The topological polar surface area (TPSA) is 57.6 Å². The average Bonchev–Trinajstić information content (AvgIpc) is 2.92. The third-order valence-corrected chi connectivity index (χ3v) is 4.22. The summed E-state index contributed by atoms with van der Waals surface area (Å²) in [5.41, 5.74) is 0.565. The number of amides is 1. The fourth-order valence-corrected chi connectivity index (χ4v) is 3.28. The molecule has 0 atom stereocenters. The molecule has 0 saturated heterocycles. The van der Waals surface area contributed by atoms with E-state index >= 15 is 0 Å². The molecule has 0 spiro atoms. The molecule has 1 saturated carbocycles. The van der Waals surface area contributed by atoms with Crippen LogP contribution in [0.5, 0.6) is 0 Å². The number of carbonyl (C=O) groups excluding carboxylic acids is 1. The predicted octanol–water partition coefficient (Wildman–Crippen LogP) is 3.55. The Hall–Kier alpha value is -1.36. The number of carbonyl (C=O) groups is 2. The lowest BCUT2D eigenvalue weighted by Crippen LogP contribution is -2.38. The summed E-state index contributed by atoms with van der Waals surface area (Å²) in [5.74, 6) is -1.10. The van der Waals surface area contributed by atoms with E-state index in [-0.39, 0.29) is 11.5 Å². The normalized spacial score (nSPS) is 15.3. The van der Waals surface area contributed by atoms with Crippen LogP contribution in [0.4, 0.5) is 0 Å². The molecule has 1 aromatic rings. The number of carboxylic acid groups (broad SMARTS) is 1. The van der Waals surface area contributed by atoms with Gasteiger partial charge in [-0.25, -0.2) is 4.79 Å². The third kappa shape index (κ3) is 3.20. The first-order valence-corrected chi connectivity index (χ1v) is 7.67. The van der Waals surface area contributed by atoms with Crippen molar-refractivity contribution in [3.63, 3.8) is 0 Å². The summed E-state index contributed by atoms with van der Waals surface area (Å²) in [6, 6.07) is 4.93. The second-order valence-corrected chi connectivity index (χ2v) is 5.98. The van der Waals surface area contributed by atoms with Gasteiger partial charge in [0.2, 0.25) is 0 Å². The number of benzene rings is 1. The second kappa shape index (κ2) is 6.39. The fourth-order valence-electron chi connectivity index (χ4n) is 2.79. The molecule has 0 unspecified atom stereocenters. The summed E-state index contributed by atoms with van der Waals surface area (Å²) >= 11 is 3.27. The Balaban J connectivity index is 2.29. The molecule has 108 valence electrons. The minimum atomic E-state index is -1.02. The van der Waals surface area contributed by atoms with Crippen molar-refractivity contribution in [3.05, 3.63) is 33.8 Å². The first-order valence-electron chi connectivity index (χ1n) is 6.87. The highest BCUT2D eigenvalue weighted by Crippen LogP contribution is 2.26. The van der Waals surface area contributed by atoms with Gasteiger partial charge < -0.3 is 10.0 Å². The Morgan fingerprint density at radius 1 is 1.25 bits per heavy atom. The summed E-state index contributed by atoms with van der Waals surface area (Å²) in [7, 11) is 0. The Bertz CT molecular complexity index is 524. The van der Waals surface area contributed by atoms with Crippen LogP contribution in [0.2, 0.25) is 0 Å². The van der Waals surface area contributed by atoms with Gasteiger partial charge in [0.1, 0.15) is 0 Å². The van der Waals surface area contributed by atoms with Crippen LogP contribution in [0.1, 0.15) is 53.3 Å². The number of hydrogen-bond acceptors (Lipinski definition) is 2. The molecule has 1 aromatic carbocycles. The molecular weight excluding hydrogens is 322 g/mol. The fraction of sp³-hybridized carbons (Fsp3) is 0.467. The van der Waals surface area contributed by atoms with E-state index in [4.69, 9.17) is 5.11 Å². The van der Waals surface area contributed by atoms with Crippen LogP contribution < -0.4 is 0 Å². The third-order valence-electron chi connectivity index (χ3n) is 3.76. The maximum absolute atomic E-state index is 12.6. The summed E-state index contributed by atoms with van der Waals surface area (Å²) in [4.78, 5) is 25.5. The first-order chi connectivity index (χ1) is 9.52. The lowest BCUT2D eigenvalue weighted by atomic mass is 10.1.